The van der Waals surface area contributed by atoms with Crippen LogP contribution >= 0.6 is 0 Å². The average Bonchev–Trinajstić information content (AvgIpc) is 3.04. The molecule has 122 valence electrons. The lowest BCUT2D eigenvalue weighted by Gasteiger charge is -2.31. The Balaban J connectivity index is 1.79. The summed E-state index contributed by atoms with van der Waals surface area (Å²) in [6.45, 7) is 2.84. The molecule has 23 heavy (non-hydrogen) atoms. The van der Waals surface area contributed by atoms with Crippen LogP contribution < -0.4 is 11.1 Å². The highest BCUT2D eigenvalue weighted by molar-refractivity contribution is 5.98. The minimum absolute atomic E-state index is 0.0914. The van der Waals surface area contributed by atoms with Gasteiger partial charge in [0.05, 0.1) is 5.54 Å². The van der Waals surface area contributed by atoms with E-state index in [0.717, 1.165) is 55.7 Å². The number of nitrogens with zero attached hydrogens (tertiary/aromatic N) is 3. The molecule has 1 fully saturated rings. The lowest BCUT2D eigenvalue weighted by Crippen LogP contribution is -2.52. The lowest BCUT2D eigenvalue weighted by molar-refractivity contribution is -0.122. The maximum absolute atomic E-state index is 12.5. The quantitative estimate of drug-likeness (QED) is 0.908. The van der Waals surface area contributed by atoms with Crippen LogP contribution in [-0.2, 0) is 11.3 Å². The fourth-order valence-corrected chi connectivity index (χ4v) is 3.11. The zero-order chi connectivity index (χ0) is 16.3. The van der Waals surface area contributed by atoms with E-state index in [9.17, 15) is 4.79 Å². The number of rotatable bonds is 4. The van der Waals surface area contributed by atoms with Crippen LogP contribution in [0.5, 0.6) is 0 Å². The maximum atomic E-state index is 12.5. The van der Waals surface area contributed by atoms with E-state index in [1.54, 1.807) is 6.33 Å². The largest absolute Gasteiger partial charge is 0.324 e. The molecule has 1 saturated carbocycles. The number of nitrogens with two attached hydrogens (primary N) is 1. The molecule has 0 unspecified atom stereocenters. The molecule has 3 N–H and O–H groups in total. The predicted octanol–water partition coefficient (Wildman–Crippen LogP) is 2.57. The first kappa shape index (κ1) is 15.7. The van der Waals surface area contributed by atoms with Crippen molar-refractivity contribution in [2.24, 2.45) is 5.73 Å². The Hall–Kier alpha value is -2.21. The summed E-state index contributed by atoms with van der Waals surface area (Å²) in [7, 11) is 0. The Morgan fingerprint density at radius 3 is 2.87 bits per heavy atom. The Labute approximate surface area is 136 Å². The van der Waals surface area contributed by atoms with Crippen molar-refractivity contribution in [3.05, 3.63) is 30.6 Å². The maximum Gasteiger partial charge on any atom is 0.244 e. The molecule has 0 saturated heterocycles. The van der Waals surface area contributed by atoms with Gasteiger partial charge in [0.1, 0.15) is 6.33 Å². The van der Waals surface area contributed by atoms with Crippen LogP contribution in [0.2, 0.25) is 0 Å². The van der Waals surface area contributed by atoms with Crippen LogP contribution in [0.4, 0.5) is 5.69 Å². The number of carbonyl (C=O) groups is 1. The van der Waals surface area contributed by atoms with E-state index in [1.807, 2.05) is 35.8 Å². The first-order valence-corrected chi connectivity index (χ1v) is 8.21. The standard InChI is InChI=1S/C17H23N5O/c1-2-22-12-19-21-15(22)13-7-6-8-14(11-13)20-16(23)17(18)9-4-3-5-10-17/h6-8,11-12H,2-5,9-10,18H2,1H3,(H,20,23). The second kappa shape index (κ2) is 6.50. The van der Waals surface area contributed by atoms with Crippen LogP contribution in [-0.4, -0.2) is 26.2 Å². The van der Waals surface area contributed by atoms with Gasteiger partial charge in [0.25, 0.3) is 0 Å². The summed E-state index contributed by atoms with van der Waals surface area (Å²) in [5, 5.41) is 11.1. The molecular formula is C17H23N5O. The van der Waals surface area contributed by atoms with Crippen molar-refractivity contribution in [1.82, 2.24) is 14.8 Å². The number of nitrogens with one attached hydrogen (secondary N) is 1. The zero-order valence-electron chi connectivity index (χ0n) is 13.5. The summed E-state index contributed by atoms with van der Waals surface area (Å²) in [5.74, 6) is 0.704. The summed E-state index contributed by atoms with van der Waals surface area (Å²) in [6, 6.07) is 7.66. The monoisotopic (exact) mass is 313 g/mol. The van der Waals surface area contributed by atoms with Crippen molar-refractivity contribution in [1.29, 1.82) is 0 Å². The van der Waals surface area contributed by atoms with E-state index in [-0.39, 0.29) is 5.91 Å². The highest BCUT2D eigenvalue weighted by Crippen LogP contribution is 2.28. The van der Waals surface area contributed by atoms with Gasteiger partial charge < -0.3 is 15.6 Å². The topological polar surface area (TPSA) is 85.8 Å². The van der Waals surface area contributed by atoms with Gasteiger partial charge in [-0.15, -0.1) is 10.2 Å². The minimum atomic E-state index is -0.738. The van der Waals surface area contributed by atoms with Crippen LogP contribution in [0.1, 0.15) is 39.0 Å². The van der Waals surface area contributed by atoms with E-state index in [4.69, 9.17) is 5.73 Å². The normalized spacial score (nSPS) is 17.0. The lowest BCUT2D eigenvalue weighted by atomic mass is 9.82. The smallest absolute Gasteiger partial charge is 0.244 e. The third-order valence-electron chi connectivity index (χ3n) is 4.53. The molecule has 0 aliphatic heterocycles. The van der Waals surface area contributed by atoms with Gasteiger partial charge in [0, 0.05) is 17.8 Å². The van der Waals surface area contributed by atoms with Gasteiger partial charge in [-0.25, -0.2) is 0 Å². The fraction of sp³-hybridized carbons (Fsp3) is 0.471. The molecule has 1 aliphatic rings. The summed E-state index contributed by atoms with van der Waals surface area (Å²) < 4.78 is 1.96. The molecular weight excluding hydrogens is 290 g/mol. The molecule has 0 radical (unpaired) electrons. The van der Waals surface area contributed by atoms with Gasteiger partial charge >= 0.3 is 0 Å². The average molecular weight is 313 g/mol. The number of anilines is 1. The van der Waals surface area contributed by atoms with Crippen molar-refractivity contribution in [3.63, 3.8) is 0 Å². The molecule has 0 bridgehead atoms. The number of hydrogen-bond acceptors (Lipinski definition) is 4. The molecule has 2 aromatic rings. The molecule has 1 amide bonds. The summed E-state index contributed by atoms with van der Waals surface area (Å²) in [6.07, 6.45) is 6.41. The Kier molecular flexibility index (Phi) is 4.43. The highest BCUT2D eigenvalue weighted by Gasteiger charge is 2.35. The van der Waals surface area contributed by atoms with Gasteiger partial charge in [-0.3, -0.25) is 4.79 Å². The second-order valence-electron chi connectivity index (χ2n) is 6.19. The summed E-state index contributed by atoms with van der Waals surface area (Å²) >= 11 is 0. The number of hydrogen-bond donors (Lipinski definition) is 2. The van der Waals surface area contributed by atoms with E-state index < -0.39 is 5.54 Å². The van der Waals surface area contributed by atoms with Gasteiger partial charge in [-0.1, -0.05) is 31.4 Å². The third-order valence-corrected chi connectivity index (χ3v) is 4.53. The van der Waals surface area contributed by atoms with Crippen molar-refractivity contribution in [3.8, 4) is 11.4 Å². The minimum Gasteiger partial charge on any atom is -0.324 e. The fourth-order valence-electron chi connectivity index (χ4n) is 3.11. The van der Waals surface area contributed by atoms with E-state index in [2.05, 4.69) is 15.5 Å². The van der Waals surface area contributed by atoms with Crippen molar-refractivity contribution < 1.29 is 4.79 Å². The first-order valence-electron chi connectivity index (χ1n) is 8.21. The molecule has 0 atom stereocenters. The SMILES string of the molecule is CCn1cnnc1-c1cccc(NC(=O)C2(N)CCCCC2)c1. The molecule has 6 heteroatoms. The van der Waals surface area contributed by atoms with E-state index in [0.29, 0.717) is 0 Å². The van der Waals surface area contributed by atoms with Crippen molar-refractivity contribution >= 4 is 11.6 Å². The third kappa shape index (κ3) is 3.27. The van der Waals surface area contributed by atoms with Crippen molar-refractivity contribution in [2.45, 2.75) is 51.1 Å². The Morgan fingerprint density at radius 2 is 2.13 bits per heavy atom. The predicted molar refractivity (Wildman–Crippen MR) is 89.8 cm³/mol. The number of aromatic nitrogens is 3. The number of amides is 1. The number of aryl methyl sites for hydroxylation is 1. The van der Waals surface area contributed by atoms with Gasteiger partial charge in [0.2, 0.25) is 5.91 Å². The highest BCUT2D eigenvalue weighted by atomic mass is 16.2. The van der Waals surface area contributed by atoms with Gasteiger partial charge in [0.15, 0.2) is 5.82 Å². The molecule has 1 aliphatic carbocycles. The van der Waals surface area contributed by atoms with E-state index >= 15 is 0 Å². The van der Waals surface area contributed by atoms with Crippen LogP contribution in [0, 0.1) is 0 Å². The van der Waals surface area contributed by atoms with Crippen LogP contribution in [0.25, 0.3) is 11.4 Å². The molecule has 0 spiro atoms. The molecule has 1 aromatic carbocycles. The first-order chi connectivity index (χ1) is 11.1. The van der Waals surface area contributed by atoms with Gasteiger partial charge in [-0.2, -0.15) is 0 Å². The second-order valence-corrected chi connectivity index (χ2v) is 6.19. The zero-order valence-corrected chi connectivity index (χ0v) is 13.5. The van der Waals surface area contributed by atoms with Gasteiger partial charge in [-0.05, 0) is 31.9 Å². The summed E-state index contributed by atoms with van der Waals surface area (Å²) in [5.41, 5.74) is 7.22. The van der Waals surface area contributed by atoms with Crippen LogP contribution in [0.3, 0.4) is 0 Å². The number of benzene rings is 1. The molecule has 1 aromatic heterocycles. The Bertz CT molecular complexity index is 688. The number of carbonyl (C=O) groups excluding carboxylic acids is 1. The molecule has 6 nitrogen and oxygen atoms in total. The Morgan fingerprint density at radius 1 is 1.35 bits per heavy atom. The van der Waals surface area contributed by atoms with E-state index in [1.165, 1.54) is 0 Å². The van der Waals surface area contributed by atoms with Crippen molar-refractivity contribution in [2.75, 3.05) is 5.32 Å². The summed E-state index contributed by atoms with van der Waals surface area (Å²) in [4.78, 5) is 12.5. The molecule has 1 heterocycles. The molecule has 3 rings (SSSR count). The van der Waals surface area contributed by atoms with Crippen LogP contribution in [0.15, 0.2) is 30.6 Å².